The van der Waals surface area contributed by atoms with E-state index in [4.69, 9.17) is 0 Å². The lowest BCUT2D eigenvalue weighted by Crippen LogP contribution is -2.34. The number of pyridine rings is 1. The highest BCUT2D eigenvalue weighted by Crippen LogP contribution is 2.18. The van der Waals surface area contributed by atoms with Crippen LogP contribution < -0.4 is 10.9 Å². The third-order valence-electron chi connectivity index (χ3n) is 3.90. The van der Waals surface area contributed by atoms with Gasteiger partial charge in [0.25, 0.3) is 5.56 Å². The standard InChI is InChI=1S/C16H18N4O2/c1-10-6-7-17-14(8-10)18-16(22)11(2)20-15(21)9-12-4-3-5-13(12)19-20/h6-9,11H,3-5H2,1-2H3,(H,17,18,22). The van der Waals surface area contributed by atoms with Crippen molar-refractivity contribution in [3.05, 3.63) is 51.6 Å². The number of fused-ring (bicyclic) bond motifs is 1. The van der Waals surface area contributed by atoms with Crippen molar-refractivity contribution in [1.82, 2.24) is 14.8 Å². The molecule has 114 valence electrons. The zero-order chi connectivity index (χ0) is 15.7. The van der Waals surface area contributed by atoms with Crippen LogP contribution in [0.3, 0.4) is 0 Å². The predicted molar refractivity (Wildman–Crippen MR) is 82.8 cm³/mol. The Balaban J connectivity index is 1.83. The van der Waals surface area contributed by atoms with E-state index in [-0.39, 0.29) is 11.5 Å². The van der Waals surface area contributed by atoms with E-state index >= 15 is 0 Å². The van der Waals surface area contributed by atoms with Gasteiger partial charge >= 0.3 is 0 Å². The smallest absolute Gasteiger partial charge is 0.267 e. The molecular weight excluding hydrogens is 280 g/mol. The minimum atomic E-state index is -0.680. The van der Waals surface area contributed by atoms with Crippen LogP contribution in [0.4, 0.5) is 5.82 Å². The van der Waals surface area contributed by atoms with Crippen LogP contribution in [-0.2, 0) is 17.6 Å². The molecule has 0 radical (unpaired) electrons. The second kappa shape index (κ2) is 5.71. The van der Waals surface area contributed by atoms with Crippen molar-refractivity contribution in [3.8, 4) is 0 Å². The molecule has 1 aliphatic carbocycles. The van der Waals surface area contributed by atoms with Crippen molar-refractivity contribution in [1.29, 1.82) is 0 Å². The first kappa shape index (κ1) is 14.4. The van der Waals surface area contributed by atoms with Crippen LogP contribution in [0, 0.1) is 6.92 Å². The zero-order valence-corrected chi connectivity index (χ0v) is 12.7. The van der Waals surface area contributed by atoms with E-state index in [0.717, 1.165) is 36.1 Å². The quantitative estimate of drug-likeness (QED) is 0.934. The van der Waals surface area contributed by atoms with Gasteiger partial charge in [0.2, 0.25) is 5.91 Å². The lowest BCUT2D eigenvalue weighted by molar-refractivity contribution is -0.119. The van der Waals surface area contributed by atoms with Gasteiger partial charge in [-0.1, -0.05) is 0 Å². The number of carbonyl (C=O) groups is 1. The Morgan fingerprint density at radius 2 is 2.18 bits per heavy atom. The van der Waals surface area contributed by atoms with E-state index in [0.29, 0.717) is 5.82 Å². The number of hydrogen-bond acceptors (Lipinski definition) is 4. The van der Waals surface area contributed by atoms with Gasteiger partial charge in [0.05, 0.1) is 5.69 Å². The lowest BCUT2D eigenvalue weighted by Gasteiger charge is -2.14. The molecular formula is C16H18N4O2. The molecule has 2 aromatic heterocycles. The largest absolute Gasteiger partial charge is 0.309 e. The fraction of sp³-hybridized carbons (Fsp3) is 0.375. The average molecular weight is 298 g/mol. The first-order valence-electron chi connectivity index (χ1n) is 7.40. The Bertz CT molecular complexity index is 782. The van der Waals surface area contributed by atoms with Crippen molar-refractivity contribution in [2.24, 2.45) is 0 Å². The molecule has 0 bridgehead atoms. The fourth-order valence-corrected chi connectivity index (χ4v) is 2.64. The second-order valence-electron chi connectivity index (χ2n) is 5.64. The van der Waals surface area contributed by atoms with Crippen LogP contribution in [0.5, 0.6) is 0 Å². The molecule has 1 atom stereocenters. The first-order valence-corrected chi connectivity index (χ1v) is 7.40. The van der Waals surface area contributed by atoms with E-state index in [1.165, 1.54) is 4.68 Å². The second-order valence-corrected chi connectivity index (χ2v) is 5.64. The summed E-state index contributed by atoms with van der Waals surface area (Å²) in [6, 6.07) is 4.56. The minimum absolute atomic E-state index is 0.236. The van der Waals surface area contributed by atoms with Gasteiger partial charge in [-0.3, -0.25) is 9.59 Å². The van der Waals surface area contributed by atoms with Crippen LogP contribution in [0.2, 0.25) is 0 Å². The molecule has 2 heterocycles. The summed E-state index contributed by atoms with van der Waals surface area (Å²) in [5.41, 5.74) is 2.70. The third kappa shape index (κ3) is 2.77. The molecule has 1 unspecified atom stereocenters. The summed E-state index contributed by atoms with van der Waals surface area (Å²) < 4.78 is 1.26. The number of amides is 1. The van der Waals surface area contributed by atoms with Gasteiger partial charge in [-0.15, -0.1) is 0 Å². The number of nitrogens with one attached hydrogen (secondary N) is 1. The molecule has 0 fully saturated rings. The first-order chi connectivity index (χ1) is 10.5. The summed E-state index contributed by atoms with van der Waals surface area (Å²) >= 11 is 0. The Morgan fingerprint density at radius 3 is 2.95 bits per heavy atom. The molecule has 6 heteroatoms. The molecule has 6 nitrogen and oxygen atoms in total. The Morgan fingerprint density at radius 1 is 1.36 bits per heavy atom. The van der Waals surface area contributed by atoms with Crippen LogP contribution in [-0.4, -0.2) is 20.7 Å². The van der Waals surface area contributed by atoms with Crippen LogP contribution in [0.25, 0.3) is 0 Å². The van der Waals surface area contributed by atoms with Crippen molar-refractivity contribution < 1.29 is 4.79 Å². The van der Waals surface area contributed by atoms with E-state index in [2.05, 4.69) is 15.4 Å². The van der Waals surface area contributed by atoms with Crippen molar-refractivity contribution in [2.75, 3.05) is 5.32 Å². The Hall–Kier alpha value is -2.50. The van der Waals surface area contributed by atoms with E-state index in [1.54, 1.807) is 25.3 Å². The molecule has 0 spiro atoms. The Kier molecular flexibility index (Phi) is 3.75. The zero-order valence-electron chi connectivity index (χ0n) is 12.7. The molecule has 0 saturated heterocycles. The summed E-state index contributed by atoms with van der Waals surface area (Å²) in [5, 5.41) is 7.08. The maximum atomic E-state index is 12.3. The summed E-state index contributed by atoms with van der Waals surface area (Å²) in [6.07, 6.45) is 4.41. The van der Waals surface area contributed by atoms with Crippen molar-refractivity contribution in [3.63, 3.8) is 0 Å². The van der Waals surface area contributed by atoms with Gasteiger partial charge in [-0.2, -0.15) is 5.10 Å². The molecule has 1 N–H and O–H groups in total. The summed E-state index contributed by atoms with van der Waals surface area (Å²) in [7, 11) is 0. The molecule has 0 saturated carbocycles. The fourth-order valence-electron chi connectivity index (χ4n) is 2.64. The molecule has 3 rings (SSSR count). The third-order valence-corrected chi connectivity index (χ3v) is 3.90. The summed E-state index contributed by atoms with van der Waals surface area (Å²) in [4.78, 5) is 28.6. The molecule has 2 aromatic rings. The highest BCUT2D eigenvalue weighted by Gasteiger charge is 2.21. The van der Waals surface area contributed by atoms with Gasteiger partial charge in [0.1, 0.15) is 11.9 Å². The van der Waals surface area contributed by atoms with Gasteiger partial charge in [0, 0.05) is 12.3 Å². The SMILES string of the molecule is Cc1ccnc(NC(=O)C(C)n2nc3c(cc2=O)CCC3)c1. The normalized spacial score (nSPS) is 14.5. The topological polar surface area (TPSA) is 76.9 Å². The van der Waals surface area contributed by atoms with E-state index in [1.807, 2.05) is 13.0 Å². The number of aryl methyl sites for hydroxylation is 3. The van der Waals surface area contributed by atoms with Gasteiger partial charge in [-0.25, -0.2) is 9.67 Å². The highest BCUT2D eigenvalue weighted by atomic mass is 16.2. The maximum absolute atomic E-state index is 12.3. The molecule has 1 amide bonds. The predicted octanol–water partition coefficient (Wildman–Crippen LogP) is 1.64. The van der Waals surface area contributed by atoms with Crippen LogP contribution in [0.15, 0.2) is 29.2 Å². The van der Waals surface area contributed by atoms with Gasteiger partial charge in [0.15, 0.2) is 0 Å². The Labute approximate surface area is 128 Å². The van der Waals surface area contributed by atoms with E-state index < -0.39 is 6.04 Å². The number of aromatic nitrogens is 3. The van der Waals surface area contributed by atoms with Crippen LogP contribution in [0.1, 0.15) is 36.2 Å². The average Bonchev–Trinajstić information content (AvgIpc) is 2.92. The minimum Gasteiger partial charge on any atom is -0.309 e. The highest BCUT2D eigenvalue weighted by molar-refractivity contribution is 5.92. The molecule has 1 aliphatic rings. The van der Waals surface area contributed by atoms with E-state index in [9.17, 15) is 9.59 Å². The van der Waals surface area contributed by atoms with Crippen molar-refractivity contribution >= 4 is 11.7 Å². The molecule has 0 aromatic carbocycles. The molecule has 0 aliphatic heterocycles. The number of hydrogen-bond donors (Lipinski definition) is 1. The summed E-state index contributed by atoms with van der Waals surface area (Å²) in [6.45, 7) is 3.59. The van der Waals surface area contributed by atoms with Crippen molar-refractivity contribution in [2.45, 2.75) is 39.2 Å². The van der Waals surface area contributed by atoms with Gasteiger partial charge < -0.3 is 5.32 Å². The number of nitrogens with zero attached hydrogens (tertiary/aromatic N) is 3. The lowest BCUT2D eigenvalue weighted by atomic mass is 10.2. The summed E-state index contributed by atoms with van der Waals surface area (Å²) in [5.74, 6) is 0.178. The number of carbonyl (C=O) groups excluding carboxylic acids is 1. The maximum Gasteiger partial charge on any atom is 0.267 e. The number of rotatable bonds is 3. The monoisotopic (exact) mass is 298 g/mol. The van der Waals surface area contributed by atoms with Crippen LogP contribution >= 0.6 is 0 Å². The molecule has 22 heavy (non-hydrogen) atoms. The number of anilines is 1. The van der Waals surface area contributed by atoms with Gasteiger partial charge in [-0.05, 0) is 56.4 Å².